The summed E-state index contributed by atoms with van der Waals surface area (Å²) in [5.41, 5.74) is 2.37. The van der Waals surface area contributed by atoms with Gasteiger partial charge < -0.3 is 20.4 Å². The van der Waals surface area contributed by atoms with Gasteiger partial charge in [-0.1, -0.05) is 6.42 Å². The van der Waals surface area contributed by atoms with Crippen LogP contribution in [0.5, 0.6) is 0 Å². The molecule has 1 aliphatic heterocycles. The van der Waals surface area contributed by atoms with Crippen LogP contribution in [0.25, 0.3) is 10.9 Å². The van der Waals surface area contributed by atoms with Gasteiger partial charge in [0.05, 0.1) is 6.10 Å². The van der Waals surface area contributed by atoms with Crippen molar-refractivity contribution in [3.63, 3.8) is 0 Å². The molecule has 2 aromatic rings. The predicted molar refractivity (Wildman–Crippen MR) is 124 cm³/mol. The SMILES string of the molecule is CCNC(=NCCc1c[nH]c2cc(F)ccc12)NC1C2CCOC2C12CCC2.I. The van der Waals surface area contributed by atoms with E-state index >= 15 is 0 Å². The third kappa shape index (κ3) is 3.54. The van der Waals surface area contributed by atoms with E-state index in [4.69, 9.17) is 9.73 Å². The summed E-state index contributed by atoms with van der Waals surface area (Å²) < 4.78 is 19.4. The number of benzene rings is 1. The van der Waals surface area contributed by atoms with Crippen LogP contribution in [0, 0.1) is 17.2 Å². The number of aromatic amines is 1. The topological polar surface area (TPSA) is 61.4 Å². The highest BCUT2D eigenvalue weighted by molar-refractivity contribution is 14.0. The highest BCUT2D eigenvalue weighted by Crippen LogP contribution is 2.62. The Balaban J connectivity index is 0.00000205. The zero-order valence-corrected chi connectivity index (χ0v) is 19.2. The van der Waals surface area contributed by atoms with Crippen LogP contribution >= 0.6 is 24.0 Å². The number of rotatable bonds is 5. The fourth-order valence-electron chi connectivity index (χ4n) is 5.58. The molecule has 3 unspecified atom stereocenters. The summed E-state index contributed by atoms with van der Waals surface area (Å²) >= 11 is 0. The number of ether oxygens (including phenoxy) is 1. The molecule has 0 amide bonds. The summed E-state index contributed by atoms with van der Waals surface area (Å²) in [5.74, 6) is 1.33. The summed E-state index contributed by atoms with van der Waals surface area (Å²) in [5, 5.41) is 8.23. The molecule has 1 spiro atoms. The van der Waals surface area contributed by atoms with Gasteiger partial charge in [-0.15, -0.1) is 24.0 Å². The van der Waals surface area contributed by atoms with E-state index in [0.717, 1.165) is 42.9 Å². The summed E-state index contributed by atoms with van der Waals surface area (Å²) in [7, 11) is 0. The lowest BCUT2D eigenvalue weighted by molar-refractivity contribution is -0.171. The Labute approximate surface area is 188 Å². The van der Waals surface area contributed by atoms with Crippen LogP contribution in [0.4, 0.5) is 4.39 Å². The van der Waals surface area contributed by atoms with E-state index in [1.54, 1.807) is 6.07 Å². The van der Waals surface area contributed by atoms with E-state index in [1.165, 1.54) is 30.9 Å². The normalized spacial score (nSPS) is 27.1. The van der Waals surface area contributed by atoms with Crippen molar-refractivity contribution in [3.05, 3.63) is 35.8 Å². The first-order valence-corrected chi connectivity index (χ1v) is 10.6. The fourth-order valence-corrected chi connectivity index (χ4v) is 5.58. The fraction of sp³-hybridized carbons (Fsp3) is 0.591. The van der Waals surface area contributed by atoms with Crippen LogP contribution in [0.3, 0.4) is 0 Å². The molecule has 2 aliphatic carbocycles. The van der Waals surface area contributed by atoms with Crippen molar-refractivity contribution >= 4 is 40.8 Å². The maximum atomic E-state index is 13.4. The molecule has 5 rings (SSSR count). The molecular weight excluding hydrogens is 482 g/mol. The Kier molecular flexibility index (Phi) is 6.06. The largest absolute Gasteiger partial charge is 0.377 e. The smallest absolute Gasteiger partial charge is 0.191 e. The number of halogens is 2. The first kappa shape index (κ1) is 20.9. The van der Waals surface area contributed by atoms with Crippen LogP contribution in [-0.4, -0.2) is 42.8 Å². The number of aliphatic imine (C=N–C) groups is 1. The minimum absolute atomic E-state index is 0. The van der Waals surface area contributed by atoms with Gasteiger partial charge in [-0.25, -0.2) is 4.39 Å². The van der Waals surface area contributed by atoms with E-state index < -0.39 is 0 Å². The molecule has 0 bridgehead atoms. The number of nitrogens with zero attached hydrogens (tertiary/aromatic N) is 1. The van der Waals surface area contributed by atoms with Crippen molar-refractivity contribution in [2.75, 3.05) is 19.7 Å². The number of aromatic nitrogens is 1. The number of hydrogen-bond donors (Lipinski definition) is 3. The third-order valence-corrected chi connectivity index (χ3v) is 7.05. The van der Waals surface area contributed by atoms with E-state index in [-0.39, 0.29) is 29.8 Å². The Hall–Kier alpha value is -1.35. The Morgan fingerprint density at radius 3 is 3.00 bits per heavy atom. The van der Waals surface area contributed by atoms with Gasteiger partial charge in [-0.2, -0.15) is 0 Å². The van der Waals surface area contributed by atoms with Crippen LogP contribution in [-0.2, 0) is 11.2 Å². The summed E-state index contributed by atoms with van der Waals surface area (Å²) in [6, 6.07) is 5.40. The predicted octanol–water partition coefficient (Wildman–Crippen LogP) is 3.98. The Morgan fingerprint density at radius 1 is 1.38 bits per heavy atom. The summed E-state index contributed by atoms with van der Waals surface area (Å²) in [4.78, 5) is 8.00. The van der Waals surface area contributed by atoms with Crippen molar-refractivity contribution in [1.82, 2.24) is 15.6 Å². The van der Waals surface area contributed by atoms with Gasteiger partial charge in [-0.05, 0) is 56.4 Å². The van der Waals surface area contributed by atoms with Crippen molar-refractivity contribution in [1.29, 1.82) is 0 Å². The van der Waals surface area contributed by atoms with E-state index in [9.17, 15) is 4.39 Å². The van der Waals surface area contributed by atoms with Gasteiger partial charge in [0.2, 0.25) is 0 Å². The molecule has 3 aliphatic rings. The van der Waals surface area contributed by atoms with Gasteiger partial charge in [0.15, 0.2) is 5.96 Å². The van der Waals surface area contributed by atoms with Gasteiger partial charge in [0.25, 0.3) is 0 Å². The second-order valence-electron chi connectivity index (χ2n) is 8.47. The van der Waals surface area contributed by atoms with Crippen molar-refractivity contribution in [3.8, 4) is 0 Å². The lowest BCUT2D eigenvalue weighted by atomic mass is 9.46. The van der Waals surface area contributed by atoms with Crippen molar-refractivity contribution < 1.29 is 9.13 Å². The zero-order chi connectivity index (χ0) is 19.1. The Bertz CT molecular complexity index is 894. The maximum absolute atomic E-state index is 13.4. The third-order valence-electron chi connectivity index (χ3n) is 7.05. The molecule has 2 heterocycles. The van der Waals surface area contributed by atoms with Gasteiger partial charge in [0, 0.05) is 54.2 Å². The lowest BCUT2D eigenvalue weighted by Crippen LogP contribution is -2.72. The van der Waals surface area contributed by atoms with Crippen molar-refractivity contribution in [2.45, 2.75) is 51.2 Å². The number of hydrogen-bond acceptors (Lipinski definition) is 2. The first-order valence-electron chi connectivity index (χ1n) is 10.6. The second-order valence-corrected chi connectivity index (χ2v) is 8.47. The molecule has 7 heteroatoms. The summed E-state index contributed by atoms with van der Waals surface area (Å²) in [6.07, 6.45) is 8.29. The Morgan fingerprint density at radius 2 is 2.24 bits per heavy atom. The van der Waals surface area contributed by atoms with Gasteiger partial charge in [0.1, 0.15) is 5.82 Å². The molecule has 1 aromatic heterocycles. The molecule has 5 nitrogen and oxygen atoms in total. The number of guanidine groups is 1. The molecule has 0 radical (unpaired) electrons. The van der Waals surface area contributed by atoms with E-state index in [0.29, 0.717) is 30.0 Å². The average Bonchev–Trinajstić information content (AvgIpc) is 3.23. The van der Waals surface area contributed by atoms with Gasteiger partial charge >= 0.3 is 0 Å². The summed E-state index contributed by atoms with van der Waals surface area (Å²) in [6.45, 7) is 4.56. The quantitative estimate of drug-likeness (QED) is 0.323. The first-order chi connectivity index (χ1) is 13.7. The van der Waals surface area contributed by atoms with E-state index in [1.807, 2.05) is 12.3 Å². The molecule has 2 saturated carbocycles. The number of H-pyrrole nitrogens is 1. The van der Waals surface area contributed by atoms with Crippen LogP contribution < -0.4 is 10.6 Å². The molecule has 1 aromatic carbocycles. The lowest BCUT2D eigenvalue weighted by Gasteiger charge is -2.63. The molecule has 3 fully saturated rings. The minimum Gasteiger partial charge on any atom is -0.377 e. The highest BCUT2D eigenvalue weighted by atomic mass is 127. The second kappa shape index (κ2) is 8.41. The standard InChI is InChI=1S/C22H29FN4O.HI/c1-2-24-21(27-19-17-7-11-28-20(17)22(19)8-3-9-22)25-10-6-14-13-26-18-12-15(23)4-5-16(14)18;/h4-5,12-13,17,19-20,26H,2-3,6-11H2,1H3,(H2,24,25,27);1H. The molecule has 1 saturated heterocycles. The molecular formula is C22H30FIN4O. The van der Waals surface area contributed by atoms with Crippen LogP contribution in [0.1, 0.15) is 38.2 Å². The molecule has 29 heavy (non-hydrogen) atoms. The maximum Gasteiger partial charge on any atom is 0.191 e. The van der Waals surface area contributed by atoms with Crippen LogP contribution in [0.2, 0.25) is 0 Å². The minimum atomic E-state index is -0.211. The van der Waals surface area contributed by atoms with E-state index in [2.05, 4.69) is 22.5 Å². The van der Waals surface area contributed by atoms with Crippen molar-refractivity contribution in [2.24, 2.45) is 16.3 Å². The van der Waals surface area contributed by atoms with Crippen LogP contribution in [0.15, 0.2) is 29.4 Å². The number of fused-ring (bicyclic) bond motifs is 3. The average molecular weight is 512 g/mol. The zero-order valence-electron chi connectivity index (χ0n) is 16.8. The molecule has 158 valence electrons. The number of nitrogens with one attached hydrogen (secondary N) is 3. The monoisotopic (exact) mass is 512 g/mol. The van der Waals surface area contributed by atoms with Gasteiger partial charge in [-0.3, -0.25) is 4.99 Å². The molecule has 3 N–H and O–H groups in total. The highest BCUT2D eigenvalue weighted by Gasteiger charge is 2.66. The molecule has 3 atom stereocenters.